The Bertz CT molecular complexity index is 227. The summed E-state index contributed by atoms with van der Waals surface area (Å²) >= 11 is 0. The van der Waals surface area contributed by atoms with E-state index in [9.17, 15) is 0 Å². The number of hydrogen-bond acceptors (Lipinski definition) is 5. The van der Waals surface area contributed by atoms with Crippen LogP contribution in [0.1, 0.15) is 20.3 Å². The monoisotopic (exact) mass is 288 g/mol. The van der Waals surface area contributed by atoms with E-state index < -0.39 is 0 Å². The molecular weight excluding hydrogens is 256 g/mol. The Kier molecular flexibility index (Phi) is 10.2. The van der Waals surface area contributed by atoms with Crippen molar-refractivity contribution < 1.29 is 14.2 Å². The van der Waals surface area contributed by atoms with Crippen LogP contribution in [0.4, 0.5) is 0 Å². The molecular formula is C15H32N2O3. The summed E-state index contributed by atoms with van der Waals surface area (Å²) in [5.41, 5.74) is 0. The number of rotatable bonds is 11. The molecule has 1 saturated heterocycles. The van der Waals surface area contributed by atoms with Gasteiger partial charge in [0.15, 0.2) is 0 Å². The standard InChI is InChI=1S/C15H32N2O3/c1-14(2)12-15-13-16-4-5-17(15)6-7-19-10-11-20-9-8-18-3/h14-16H,4-13H2,1-3H3. The maximum Gasteiger partial charge on any atom is 0.0701 e. The molecule has 5 heteroatoms. The molecule has 0 aromatic carbocycles. The highest BCUT2D eigenvalue weighted by Gasteiger charge is 2.22. The fourth-order valence-corrected chi connectivity index (χ4v) is 2.52. The summed E-state index contributed by atoms with van der Waals surface area (Å²) in [6, 6.07) is 0.658. The van der Waals surface area contributed by atoms with Crippen LogP contribution in [0.5, 0.6) is 0 Å². The Labute approximate surface area is 123 Å². The third-order valence-corrected chi connectivity index (χ3v) is 3.54. The first kappa shape index (κ1) is 17.9. The highest BCUT2D eigenvalue weighted by Crippen LogP contribution is 2.12. The van der Waals surface area contributed by atoms with E-state index in [-0.39, 0.29) is 0 Å². The molecule has 1 aliphatic heterocycles. The third-order valence-electron chi connectivity index (χ3n) is 3.54. The topological polar surface area (TPSA) is 43.0 Å². The first-order chi connectivity index (χ1) is 9.74. The molecule has 0 aliphatic carbocycles. The lowest BCUT2D eigenvalue weighted by Crippen LogP contribution is -2.52. The number of piperazine rings is 1. The maximum absolute atomic E-state index is 5.64. The van der Waals surface area contributed by atoms with Crippen molar-refractivity contribution in [3.05, 3.63) is 0 Å². The second kappa shape index (κ2) is 11.5. The molecule has 0 amide bonds. The summed E-state index contributed by atoms with van der Waals surface area (Å²) in [5, 5.41) is 3.49. The third kappa shape index (κ3) is 8.17. The normalized spacial score (nSPS) is 20.7. The highest BCUT2D eigenvalue weighted by molar-refractivity contribution is 4.80. The van der Waals surface area contributed by atoms with Gasteiger partial charge in [0, 0.05) is 39.3 Å². The zero-order valence-corrected chi connectivity index (χ0v) is 13.4. The quantitative estimate of drug-likeness (QED) is 0.574. The molecule has 0 spiro atoms. The molecule has 5 nitrogen and oxygen atoms in total. The molecule has 0 saturated carbocycles. The van der Waals surface area contributed by atoms with E-state index in [4.69, 9.17) is 14.2 Å². The van der Waals surface area contributed by atoms with Gasteiger partial charge in [0.1, 0.15) is 0 Å². The van der Waals surface area contributed by atoms with Crippen LogP contribution in [0.15, 0.2) is 0 Å². The Morgan fingerprint density at radius 3 is 2.50 bits per heavy atom. The molecule has 0 aromatic rings. The van der Waals surface area contributed by atoms with Gasteiger partial charge in [-0.25, -0.2) is 0 Å². The van der Waals surface area contributed by atoms with Crippen LogP contribution in [0, 0.1) is 5.92 Å². The van der Waals surface area contributed by atoms with Gasteiger partial charge in [-0.1, -0.05) is 13.8 Å². The van der Waals surface area contributed by atoms with Crippen molar-refractivity contribution in [1.29, 1.82) is 0 Å². The predicted octanol–water partition coefficient (Wildman–Crippen LogP) is 0.986. The van der Waals surface area contributed by atoms with E-state index in [1.54, 1.807) is 7.11 Å². The van der Waals surface area contributed by atoms with Gasteiger partial charge in [0.2, 0.25) is 0 Å². The molecule has 0 aromatic heterocycles. The first-order valence-electron chi connectivity index (χ1n) is 7.83. The molecule has 1 unspecified atom stereocenters. The molecule has 1 aliphatic rings. The molecule has 120 valence electrons. The SMILES string of the molecule is COCCOCCOCCN1CCNCC1CC(C)C. The Morgan fingerprint density at radius 2 is 1.80 bits per heavy atom. The van der Waals surface area contributed by atoms with Gasteiger partial charge in [-0.2, -0.15) is 0 Å². The van der Waals surface area contributed by atoms with Crippen molar-refractivity contribution in [3.8, 4) is 0 Å². The molecule has 1 N–H and O–H groups in total. The fourth-order valence-electron chi connectivity index (χ4n) is 2.52. The van der Waals surface area contributed by atoms with E-state index in [1.807, 2.05) is 0 Å². The second-order valence-electron chi connectivity index (χ2n) is 5.74. The van der Waals surface area contributed by atoms with E-state index in [0.29, 0.717) is 32.5 Å². The molecule has 1 fully saturated rings. The van der Waals surface area contributed by atoms with Crippen LogP contribution < -0.4 is 5.32 Å². The van der Waals surface area contributed by atoms with Gasteiger partial charge in [0.05, 0.1) is 33.0 Å². The number of nitrogens with zero attached hydrogens (tertiary/aromatic N) is 1. The van der Waals surface area contributed by atoms with E-state index >= 15 is 0 Å². The zero-order chi connectivity index (χ0) is 14.6. The summed E-state index contributed by atoms with van der Waals surface area (Å²) in [4.78, 5) is 2.56. The predicted molar refractivity (Wildman–Crippen MR) is 81.2 cm³/mol. The number of ether oxygens (including phenoxy) is 3. The fraction of sp³-hybridized carbons (Fsp3) is 1.00. The minimum Gasteiger partial charge on any atom is -0.382 e. The minimum absolute atomic E-state index is 0.647. The van der Waals surface area contributed by atoms with Gasteiger partial charge in [-0.15, -0.1) is 0 Å². The lowest BCUT2D eigenvalue weighted by atomic mass is 10.0. The van der Waals surface area contributed by atoms with E-state index in [2.05, 4.69) is 24.1 Å². The lowest BCUT2D eigenvalue weighted by molar-refractivity contribution is 0.0137. The van der Waals surface area contributed by atoms with Gasteiger partial charge < -0.3 is 19.5 Å². The van der Waals surface area contributed by atoms with Crippen LogP contribution in [-0.2, 0) is 14.2 Å². The molecule has 0 radical (unpaired) electrons. The van der Waals surface area contributed by atoms with E-state index in [0.717, 1.165) is 38.7 Å². The van der Waals surface area contributed by atoms with E-state index in [1.165, 1.54) is 6.42 Å². The first-order valence-corrected chi connectivity index (χ1v) is 7.83. The summed E-state index contributed by atoms with van der Waals surface area (Å²) in [6.07, 6.45) is 1.26. The summed E-state index contributed by atoms with van der Waals surface area (Å²) in [7, 11) is 1.68. The number of nitrogens with one attached hydrogen (secondary N) is 1. The average Bonchev–Trinajstić information content (AvgIpc) is 2.43. The summed E-state index contributed by atoms with van der Waals surface area (Å²) in [5.74, 6) is 0.748. The molecule has 20 heavy (non-hydrogen) atoms. The van der Waals surface area contributed by atoms with Gasteiger partial charge in [0.25, 0.3) is 0 Å². The van der Waals surface area contributed by atoms with Crippen LogP contribution in [0.3, 0.4) is 0 Å². The molecule has 0 bridgehead atoms. The van der Waals surface area contributed by atoms with Crippen molar-refractivity contribution in [2.24, 2.45) is 5.92 Å². The lowest BCUT2D eigenvalue weighted by Gasteiger charge is -2.37. The Morgan fingerprint density at radius 1 is 1.10 bits per heavy atom. The van der Waals surface area contributed by atoms with Gasteiger partial charge in [-0.3, -0.25) is 4.90 Å². The van der Waals surface area contributed by atoms with Crippen LogP contribution in [0.25, 0.3) is 0 Å². The summed E-state index contributed by atoms with van der Waals surface area (Å²) in [6.45, 7) is 12.4. The van der Waals surface area contributed by atoms with Crippen LogP contribution >= 0.6 is 0 Å². The Balaban J connectivity index is 2.03. The van der Waals surface area contributed by atoms with Crippen molar-refractivity contribution in [2.45, 2.75) is 26.3 Å². The smallest absolute Gasteiger partial charge is 0.0701 e. The van der Waals surface area contributed by atoms with Gasteiger partial charge in [-0.05, 0) is 12.3 Å². The molecule has 1 atom stereocenters. The number of hydrogen-bond donors (Lipinski definition) is 1. The van der Waals surface area contributed by atoms with Crippen molar-refractivity contribution in [3.63, 3.8) is 0 Å². The Hall–Kier alpha value is -0.200. The van der Waals surface area contributed by atoms with Crippen LogP contribution in [-0.4, -0.2) is 77.3 Å². The van der Waals surface area contributed by atoms with Gasteiger partial charge >= 0.3 is 0 Å². The number of methoxy groups -OCH3 is 1. The largest absolute Gasteiger partial charge is 0.382 e. The maximum atomic E-state index is 5.64. The molecule has 1 rings (SSSR count). The zero-order valence-electron chi connectivity index (χ0n) is 13.4. The minimum atomic E-state index is 0.647. The van der Waals surface area contributed by atoms with Crippen molar-refractivity contribution in [2.75, 3.05) is 66.3 Å². The summed E-state index contributed by atoms with van der Waals surface area (Å²) < 4.78 is 15.9. The molecule has 1 heterocycles. The van der Waals surface area contributed by atoms with Crippen LogP contribution in [0.2, 0.25) is 0 Å². The average molecular weight is 288 g/mol. The second-order valence-corrected chi connectivity index (χ2v) is 5.74. The highest BCUT2D eigenvalue weighted by atomic mass is 16.5. The van der Waals surface area contributed by atoms with Crippen molar-refractivity contribution >= 4 is 0 Å². The van der Waals surface area contributed by atoms with Crippen molar-refractivity contribution in [1.82, 2.24) is 10.2 Å².